The lowest BCUT2D eigenvalue weighted by atomic mass is 10.00. The SMILES string of the molecule is COc1ccc(C#CCO)cc1N1C(=O)C(C)C(C)C1=O. The molecule has 1 aromatic carbocycles. The number of imide groups is 1. The highest BCUT2D eigenvalue weighted by atomic mass is 16.5. The summed E-state index contributed by atoms with van der Waals surface area (Å²) >= 11 is 0. The largest absolute Gasteiger partial charge is 0.495 e. The third-order valence-corrected chi connectivity index (χ3v) is 3.70. The summed E-state index contributed by atoms with van der Waals surface area (Å²) < 4.78 is 5.24. The maximum Gasteiger partial charge on any atom is 0.237 e. The highest BCUT2D eigenvalue weighted by Gasteiger charge is 2.44. The molecule has 1 saturated heterocycles. The zero-order valence-electron chi connectivity index (χ0n) is 12.2. The first kappa shape index (κ1) is 15.1. The van der Waals surface area contributed by atoms with E-state index in [1.807, 2.05) is 0 Å². The number of anilines is 1. The third-order valence-electron chi connectivity index (χ3n) is 3.70. The summed E-state index contributed by atoms with van der Waals surface area (Å²) in [7, 11) is 1.48. The Balaban J connectivity index is 2.51. The summed E-state index contributed by atoms with van der Waals surface area (Å²) in [6.07, 6.45) is 0. The normalized spacial score (nSPS) is 21.2. The van der Waals surface area contributed by atoms with Crippen LogP contribution in [0.25, 0.3) is 0 Å². The molecule has 1 aliphatic rings. The van der Waals surface area contributed by atoms with E-state index in [-0.39, 0.29) is 30.3 Å². The van der Waals surface area contributed by atoms with Crippen molar-refractivity contribution in [3.8, 4) is 17.6 Å². The summed E-state index contributed by atoms with van der Waals surface area (Å²) in [6, 6.07) is 5.00. The predicted octanol–water partition coefficient (Wildman–Crippen LogP) is 1.18. The van der Waals surface area contributed by atoms with Crippen molar-refractivity contribution in [1.82, 2.24) is 0 Å². The van der Waals surface area contributed by atoms with Gasteiger partial charge in [0, 0.05) is 17.4 Å². The summed E-state index contributed by atoms with van der Waals surface area (Å²) in [5.41, 5.74) is 1.00. The van der Waals surface area contributed by atoms with E-state index in [9.17, 15) is 9.59 Å². The van der Waals surface area contributed by atoms with Gasteiger partial charge in [0.2, 0.25) is 11.8 Å². The molecule has 0 saturated carbocycles. The molecule has 2 amide bonds. The fraction of sp³-hybridized carbons (Fsp3) is 0.375. The van der Waals surface area contributed by atoms with Crippen molar-refractivity contribution in [3.05, 3.63) is 23.8 Å². The van der Waals surface area contributed by atoms with E-state index in [0.717, 1.165) is 4.90 Å². The molecule has 0 bridgehead atoms. The summed E-state index contributed by atoms with van der Waals surface area (Å²) in [4.78, 5) is 25.8. The molecule has 0 aliphatic carbocycles. The number of hydrogen-bond donors (Lipinski definition) is 1. The number of amides is 2. The van der Waals surface area contributed by atoms with E-state index in [1.54, 1.807) is 32.0 Å². The zero-order chi connectivity index (χ0) is 15.6. The van der Waals surface area contributed by atoms with Crippen LogP contribution in [0.15, 0.2) is 18.2 Å². The zero-order valence-corrected chi connectivity index (χ0v) is 12.2. The summed E-state index contributed by atoms with van der Waals surface area (Å²) in [6.45, 7) is 3.23. The highest BCUT2D eigenvalue weighted by Crippen LogP contribution is 2.36. The fourth-order valence-electron chi connectivity index (χ4n) is 2.27. The van der Waals surface area contributed by atoms with Crippen LogP contribution in [0.1, 0.15) is 19.4 Å². The average Bonchev–Trinajstić information content (AvgIpc) is 2.69. The third kappa shape index (κ3) is 2.63. The van der Waals surface area contributed by atoms with Gasteiger partial charge in [0.15, 0.2) is 0 Å². The molecule has 110 valence electrons. The Morgan fingerprint density at radius 2 is 1.86 bits per heavy atom. The predicted molar refractivity (Wildman–Crippen MR) is 77.8 cm³/mol. The van der Waals surface area contributed by atoms with Gasteiger partial charge in [0.05, 0.1) is 12.8 Å². The molecule has 0 radical (unpaired) electrons. The lowest BCUT2D eigenvalue weighted by molar-refractivity contribution is -0.122. The topological polar surface area (TPSA) is 66.8 Å². The molecule has 1 N–H and O–H groups in total. The second kappa shape index (κ2) is 5.98. The molecular weight excluding hydrogens is 270 g/mol. The van der Waals surface area contributed by atoms with Crippen molar-refractivity contribution in [3.63, 3.8) is 0 Å². The Morgan fingerprint density at radius 1 is 1.24 bits per heavy atom. The Hall–Kier alpha value is -2.32. The van der Waals surface area contributed by atoms with Gasteiger partial charge in [-0.05, 0) is 18.2 Å². The maximum absolute atomic E-state index is 12.3. The molecule has 0 aromatic heterocycles. The van der Waals surface area contributed by atoms with Gasteiger partial charge in [-0.3, -0.25) is 9.59 Å². The standard InChI is InChI=1S/C16H17NO4/c1-10-11(2)16(20)17(15(10)19)13-9-12(5-4-8-18)6-7-14(13)21-3/h6-7,9-11,18H,8H2,1-3H3. The van der Waals surface area contributed by atoms with Crippen molar-refractivity contribution in [2.45, 2.75) is 13.8 Å². The maximum atomic E-state index is 12.3. The van der Waals surface area contributed by atoms with Crippen molar-refractivity contribution >= 4 is 17.5 Å². The van der Waals surface area contributed by atoms with Gasteiger partial charge in [-0.15, -0.1) is 0 Å². The Morgan fingerprint density at radius 3 is 2.38 bits per heavy atom. The van der Waals surface area contributed by atoms with Gasteiger partial charge < -0.3 is 9.84 Å². The van der Waals surface area contributed by atoms with E-state index in [4.69, 9.17) is 9.84 Å². The molecule has 21 heavy (non-hydrogen) atoms. The number of nitrogens with zero attached hydrogens (tertiary/aromatic N) is 1. The lowest BCUT2D eigenvalue weighted by Crippen LogP contribution is -2.31. The number of aliphatic hydroxyl groups is 1. The number of methoxy groups -OCH3 is 1. The molecule has 0 spiro atoms. The van der Waals surface area contributed by atoms with Gasteiger partial charge in [-0.2, -0.15) is 0 Å². The number of carbonyl (C=O) groups excluding carboxylic acids is 2. The van der Waals surface area contributed by atoms with Gasteiger partial charge in [0.1, 0.15) is 12.4 Å². The first-order valence-electron chi connectivity index (χ1n) is 6.66. The molecule has 2 atom stereocenters. The van der Waals surface area contributed by atoms with E-state index >= 15 is 0 Å². The quantitative estimate of drug-likeness (QED) is 0.655. The van der Waals surface area contributed by atoms with E-state index in [2.05, 4.69) is 11.8 Å². The number of rotatable bonds is 2. The molecule has 1 aromatic rings. The van der Waals surface area contributed by atoms with E-state index in [1.165, 1.54) is 7.11 Å². The highest BCUT2D eigenvalue weighted by molar-refractivity contribution is 6.22. The summed E-state index contributed by atoms with van der Waals surface area (Å²) in [5.74, 6) is 4.55. The van der Waals surface area contributed by atoms with Crippen LogP contribution in [0.5, 0.6) is 5.75 Å². The molecule has 1 heterocycles. The molecule has 2 unspecified atom stereocenters. The molecule has 1 aliphatic heterocycles. The van der Waals surface area contributed by atoms with Gasteiger partial charge >= 0.3 is 0 Å². The first-order valence-corrected chi connectivity index (χ1v) is 6.66. The minimum atomic E-state index is -0.352. The van der Waals surface area contributed by atoms with Crippen LogP contribution in [0.2, 0.25) is 0 Å². The second-order valence-corrected chi connectivity index (χ2v) is 4.94. The van der Waals surface area contributed by atoms with Crippen LogP contribution >= 0.6 is 0 Å². The van der Waals surface area contributed by atoms with E-state index < -0.39 is 0 Å². The molecule has 5 heteroatoms. The minimum Gasteiger partial charge on any atom is -0.495 e. The average molecular weight is 287 g/mol. The second-order valence-electron chi connectivity index (χ2n) is 4.94. The minimum absolute atomic E-state index is 0.238. The van der Waals surface area contributed by atoms with Crippen LogP contribution in [0.3, 0.4) is 0 Å². The van der Waals surface area contributed by atoms with Crippen LogP contribution in [0, 0.1) is 23.7 Å². The van der Waals surface area contributed by atoms with Gasteiger partial charge in [0.25, 0.3) is 0 Å². The Bertz CT molecular complexity index is 621. The summed E-state index contributed by atoms with van der Waals surface area (Å²) in [5, 5.41) is 8.75. The van der Waals surface area contributed by atoms with Crippen molar-refractivity contribution in [2.24, 2.45) is 11.8 Å². The van der Waals surface area contributed by atoms with Gasteiger partial charge in [-0.1, -0.05) is 25.7 Å². The molecule has 5 nitrogen and oxygen atoms in total. The Labute approximate surface area is 123 Å². The van der Waals surface area contributed by atoms with Gasteiger partial charge in [-0.25, -0.2) is 4.90 Å². The van der Waals surface area contributed by atoms with Crippen molar-refractivity contribution < 1.29 is 19.4 Å². The molecule has 2 rings (SSSR count). The number of hydrogen-bond acceptors (Lipinski definition) is 4. The van der Waals surface area contributed by atoms with Crippen LogP contribution in [-0.2, 0) is 9.59 Å². The fourth-order valence-corrected chi connectivity index (χ4v) is 2.27. The van der Waals surface area contributed by atoms with Crippen LogP contribution in [-0.4, -0.2) is 30.6 Å². The van der Waals surface area contributed by atoms with Crippen LogP contribution in [0.4, 0.5) is 5.69 Å². The number of carbonyl (C=O) groups is 2. The molecule has 1 fully saturated rings. The van der Waals surface area contributed by atoms with Crippen molar-refractivity contribution in [2.75, 3.05) is 18.6 Å². The Kier molecular flexibility index (Phi) is 4.29. The number of benzene rings is 1. The number of ether oxygens (including phenoxy) is 1. The first-order chi connectivity index (χ1) is 10.0. The molecular formula is C16H17NO4. The van der Waals surface area contributed by atoms with E-state index in [0.29, 0.717) is 17.0 Å². The monoisotopic (exact) mass is 287 g/mol. The smallest absolute Gasteiger partial charge is 0.237 e. The lowest BCUT2D eigenvalue weighted by Gasteiger charge is -2.18. The van der Waals surface area contributed by atoms with Crippen molar-refractivity contribution in [1.29, 1.82) is 0 Å². The van der Waals surface area contributed by atoms with Crippen LogP contribution < -0.4 is 9.64 Å². The number of aliphatic hydroxyl groups excluding tert-OH is 1.